The summed E-state index contributed by atoms with van der Waals surface area (Å²) in [6.07, 6.45) is 1.28. The number of amides is 2. The first kappa shape index (κ1) is 11.0. The molecule has 1 rings (SSSR count). The highest BCUT2D eigenvalue weighted by Gasteiger charge is 2.48. The van der Waals surface area contributed by atoms with Crippen LogP contribution in [0.5, 0.6) is 0 Å². The molecule has 3 N–H and O–H groups in total. The Balaban J connectivity index is 2.96. The number of nitrogens with zero attached hydrogens (tertiary/aromatic N) is 1. The van der Waals surface area contributed by atoms with Gasteiger partial charge < -0.3 is 10.8 Å². The lowest BCUT2D eigenvalue weighted by Gasteiger charge is -2.33. The van der Waals surface area contributed by atoms with Gasteiger partial charge in [-0.2, -0.15) is 4.79 Å². The summed E-state index contributed by atoms with van der Waals surface area (Å²) in [5.41, 5.74) is 5.23. The van der Waals surface area contributed by atoms with Crippen LogP contribution in [0.1, 0.15) is 26.2 Å². The summed E-state index contributed by atoms with van der Waals surface area (Å²) in [6, 6.07) is -0.574. The molecule has 0 aromatic carbocycles. The van der Waals surface area contributed by atoms with Gasteiger partial charge in [-0.25, -0.2) is 4.48 Å². The Morgan fingerprint density at radius 1 is 1.43 bits per heavy atom. The van der Waals surface area contributed by atoms with Crippen molar-refractivity contribution >= 4 is 12.0 Å². The van der Waals surface area contributed by atoms with Gasteiger partial charge in [-0.1, -0.05) is 6.92 Å². The first-order chi connectivity index (χ1) is 6.54. The van der Waals surface area contributed by atoms with E-state index in [1.807, 2.05) is 0 Å². The second-order valence-electron chi connectivity index (χ2n) is 3.80. The van der Waals surface area contributed by atoms with Crippen molar-refractivity contribution in [2.45, 2.75) is 32.2 Å². The minimum atomic E-state index is -0.923. The van der Waals surface area contributed by atoms with E-state index in [0.29, 0.717) is 19.5 Å². The summed E-state index contributed by atoms with van der Waals surface area (Å²) >= 11 is 0. The lowest BCUT2D eigenvalue weighted by molar-refractivity contribution is -0.861. The SMILES string of the molecule is CCC(C(N)=O)[N+]1(C(=O)O)CCCC1. The molecule has 1 atom stereocenters. The molecular weight excluding hydrogens is 184 g/mol. The molecule has 0 aromatic heterocycles. The molecule has 0 bridgehead atoms. The molecule has 1 aliphatic rings. The summed E-state index contributed by atoms with van der Waals surface area (Å²) in [7, 11) is 0. The average molecular weight is 201 g/mol. The number of carbonyl (C=O) groups is 2. The predicted molar refractivity (Wildman–Crippen MR) is 50.5 cm³/mol. The van der Waals surface area contributed by atoms with Crippen LogP contribution in [0.15, 0.2) is 0 Å². The Bertz CT molecular complexity index is 246. The van der Waals surface area contributed by atoms with Crippen LogP contribution in [0.4, 0.5) is 4.79 Å². The summed E-state index contributed by atoms with van der Waals surface area (Å²) in [4.78, 5) is 22.4. The minimum Gasteiger partial charge on any atom is -0.435 e. The fourth-order valence-corrected chi connectivity index (χ4v) is 2.33. The summed E-state index contributed by atoms with van der Waals surface area (Å²) < 4.78 is -0.161. The molecule has 0 aromatic rings. The summed E-state index contributed by atoms with van der Waals surface area (Å²) in [5.74, 6) is -0.503. The van der Waals surface area contributed by atoms with Crippen LogP contribution < -0.4 is 5.73 Å². The Labute approximate surface area is 83.1 Å². The van der Waals surface area contributed by atoms with Crippen molar-refractivity contribution in [2.75, 3.05) is 13.1 Å². The number of quaternary nitrogens is 1. The third-order valence-corrected chi connectivity index (χ3v) is 3.06. The second kappa shape index (κ2) is 3.96. The van der Waals surface area contributed by atoms with Gasteiger partial charge in [-0.3, -0.25) is 4.79 Å². The van der Waals surface area contributed by atoms with E-state index in [9.17, 15) is 14.7 Å². The Kier molecular flexibility index (Phi) is 3.10. The zero-order chi connectivity index (χ0) is 10.8. The largest absolute Gasteiger partial charge is 0.514 e. The monoisotopic (exact) mass is 201 g/mol. The molecule has 1 aliphatic heterocycles. The van der Waals surface area contributed by atoms with Crippen molar-refractivity contribution in [2.24, 2.45) is 5.73 Å². The van der Waals surface area contributed by atoms with Gasteiger partial charge in [0.1, 0.15) is 0 Å². The molecule has 1 fully saturated rings. The molecule has 1 heterocycles. The number of nitrogens with two attached hydrogens (primary N) is 1. The maximum Gasteiger partial charge on any atom is 0.514 e. The van der Waals surface area contributed by atoms with Crippen LogP contribution in [-0.4, -0.2) is 40.7 Å². The number of hydrogen-bond donors (Lipinski definition) is 2. The van der Waals surface area contributed by atoms with E-state index >= 15 is 0 Å². The van der Waals surface area contributed by atoms with E-state index in [1.54, 1.807) is 6.92 Å². The first-order valence-electron chi connectivity index (χ1n) is 4.94. The van der Waals surface area contributed by atoms with E-state index < -0.39 is 18.0 Å². The van der Waals surface area contributed by atoms with Gasteiger partial charge in [0.25, 0.3) is 5.91 Å². The van der Waals surface area contributed by atoms with E-state index in [4.69, 9.17) is 5.73 Å². The maximum absolute atomic E-state index is 11.2. The number of hydrogen-bond acceptors (Lipinski definition) is 2. The second-order valence-corrected chi connectivity index (χ2v) is 3.80. The smallest absolute Gasteiger partial charge is 0.435 e. The van der Waals surface area contributed by atoms with E-state index in [-0.39, 0.29) is 4.48 Å². The molecule has 80 valence electrons. The lowest BCUT2D eigenvalue weighted by atomic mass is 10.1. The van der Waals surface area contributed by atoms with Crippen LogP contribution in [0.25, 0.3) is 0 Å². The van der Waals surface area contributed by atoms with Crippen molar-refractivity contribution in [3.63, 3.8) is 0 Å². The third-order valence-electron chi connectivity index (χ3n) is 3.06. The van der Waals surface area contributed by atoms with Crippen LogP contribution in [0.2, 0.25) is 0 Å². The number of carboxylic acid groups (broad SMARTS) is 1. The van der Waals surface area contributed by atoms with Crippen molar-refractivity contribution in [3.05, 3.63) is 0 Å². The van der Waals surface area contributed by atoms with Crippen LogP contribution in [0.3, 0.4) is 0 Å². The molecule has 5 nitrogen and oxygen atoms in total. The minimum absolute atomic E-state index is 0.161. The zero-order valence-electron chi connectivity index (χ0n) is 8.40. The van der Waals surface area contributed by atoms with Gasteiger partial charge in [0, 0.05) is 19.3 Å². The fourth-order valence-electron chi connectivity index (χ4n) is 2.33. The van der Waals surface area contributed by atoms with Crippen LogP contribution in [0, 0.1) is 0 Å². The van der Waals surface area contributed by atoms with E-state index in [0.717, 1.165) is 12.8 Å². The van der Waals surface area contributed by atoms with Gasteiger partial charge >= 0.3 is 6.09 Å². The van der Waals surface area contributed by atoms with Gasteiger partial charge in [0.2, 0.25) is 0 Å². The number of likely N-dealkylation sites (tertiary alicyclic amines) is 1. The van der Waals surface area contributed by atoms with Crippen molar-refractivity contribution in [3.8, 4) is 0 Å². The van der Waals surface area contributed by atoms with Gasteiger partial charge in [-0.05, 0) is 0 Å². The first-order valence-corrected chi connectivity index (χ1v) is 4.94. The standard InChI is InChI=1S/C9H16N2O3/c1-2-7(8(10)12)11(9(13)14)5-3-4-6-11/h7H,2-6H2,1H3,(H2-,10,12,13,14)/p+1. The lowest BCUT2D eigenvalue weighted by Crippen LogP contribution is -2.61. The molecule has 0 radical (unpaired) electrons. The van der Waals surface area contributed by atoms with E-state index in [2.05, 4.69) is 0 Å². The Morgan fingerprint density at radius 3 is 2.21 bits per heavy atom. The van der Waals surface area contributed by atoms with Crippen molar-refractivity contribution < 1.29 is 19.2 Å². The van der Waals surface area contributed by atoms with E-state index in [1.165, 1.54) is 0 Å². The molecule has 1 unspecified atom stereocenters. The third kappa shape index (κ3) is 1.59. The molecule has 0 spiro atoms. The molecule has 14 heavy (non-hydrogen) atoms. The molecular formula is C9H17N2O3+. The van der Waals surface area contributed by atoms with Gasteiger partial charge in [0.05, 0.1) is 13.1 Å². The summed E-state index contributed by atoms with van der Waals surface area (Å²) in [6.45, 7) is 2.85. The van der Waals surface area contributed by atoms with Crippen molar-refractivity contribution in [1.29, 1.82) is 0 Å². The predicted octanol–water partition coefficient (Wildman–Crippen LogP) is 0.539. The molecule has 1 saturated heterocycles. The highest BCUT2D eigenvalue weighted by molar-refractivity contribution is 5.80. The van der Waals surface area contributed by atoms with Gasteiger partial charge in [-0.15, -0.1) is 0 Å². The Hall–Kier alpha value is -1.10. The fraction of sp³-hybridized carbons (Fsp3) is 0.778. The zero-order valence-corrected chi connectivity index (χ0v) is 8.40. The highest BCUT2D eigenvalue weighted by atomic mass is 16.4. The normalized spacial score (nSPS) is 21.8. The summed E-state index contributed by atoms with van der Waals surface area (Å²) in [5, 5.41) is 9.18. The molecule has 5 heteroatoms. The van der Waals surface area contributed by atoms with Crippen LogP contribution in [-0.2, 0) is 4.79 Å². The highest BCUT2D eigenvalue weighted by Crippen LogP contribution is 2.25. The molecule has 2 amide bonds. The number of carbonyl (C=O) groups excluding carboxylic acids is 1. The average Bonchev–Trinajstić information content (AvgIpc) is 2.54. The quantitative estimate of drug-likeness (QED) is 0.654. The molecule has 0 aliphatic carbocycles. The van der Waals surface area contributed by atoms with Gasteiger partial charge in [0.15, 0.2) is 6.04 Å². The van der Waals surface area contributed by atoms with Crippen molar-refractivity contribution in [1.82, 2.24) is 0 Å². The maximum atomic E-state index is 11.2. The topological polar surface area (TPSA) is 80.4 Å². The number of rotatable bonds is 3. The van der Waals surface area contributed by atoms with Crippen LogP contribution >= 0.6 is 0 Å². The number of primary amides is 1. The molecule has 0 saturated carbocycles. The Morgan fingerprint density at radius 2 is 1.93 bits per heavy atom.